The van der Waals surface area contributed by atoms with Gasteiger partial charge in [0, 0.05) is 17.3 Å². The number of carbonyl (C=O) groups excluding carboxylic acids is 1. The molecule has 0 aliphatic heterocycles. The second-order valence-corrected chi connectivity index (χ2v) is 4.80. The van der Waals surface area contributed by atoms with Gasteiger partial charge in [0.1, 0.15) is 0 Å². The van der Waals surface area contributed by atoms with Crippen molar-refractivity contribution < 1.29 is 4.79 Å². The zero-order chi connectivity index (χ0) is 11.8. The summed E-state index contributed by atoms with van der Waals surface area (Å²) in [6.07, 6.45) is 2.73. The molecule has 3 nitrogen and oxygen atoms in total. The predicted molar refractivity (Wildman–Crippen MR) is 65.1 cm³/mol. The van der Waals surface area contributed by atoms with Crippen LogP contribution in [0.2, 0.25) is 0 Å². The molecule has 1 N–H and O–H groups in total. The van der Waals surface area contributed by atoms with Crippen molar-refractivity contribution in [1.82, 2.24) is 5.32 Å². The van der Waals surface area contributed by atoms with E-state index < -0.39 is 0 Å². The minimum Gasteiger partial charge on any atom is -0.353 e. The van der Waals surface area contributed by atoms with Crippen LogP contribution in [0.3, 0.4) is 0 Å². The Kier molecular flexibility index (Phi) is 5.58. The van der Waals surface area contributed by atoms with Crippen LogP contribution in [-0.2, 0) is 11.2 Å². The quantitative estimate of drug-likeness (QED) is 0.825. The van der Waals surface area contributed by atoms with Crippen LogP contribution >= 0.6 is 11.3 Å². The fraction of sp³-hybridized carbons (Fsp3) is 0.500. The molecule has 4 heteroatoms. The van der Waals surface area contributed by atoms with Crippen LogP contribution in [0.4, 0.5) is 0 Å². The number of nitriles is 1. The van der Waals surface area contributed by atoms with Crippen LogP contribution in [-0.4, -0.2) is 11.9 Å². The molecule has 0 bridgehead atoms. The van der Waals surface area contributed by atoms with Crippen molar-refractivity contribution in [2.45, 2.75) is 38.6 Å². The maximum absolute atomic E-state index is 11.4. The van der Waals surface area contributed by atoms with Crippen molar-refractivity contribution in [3.05, 3.63) is 22.4 Å². The average molecular weight is 236 g/mol. The Bertz CT molecular complexity index is 354. The van der Waals surface area contributed by atoms with Gasteiger partial charge in [-0.3, -0.25) is 4.79 Å². The fourth-order valence-corrected chi connectivity index (χ4v) is 2.16. The Morgan fingerprint density at radius 1 is 1.69 bits per heavy atom. The number of hydrogen-bond donors (Lipinski definition) is 1. The number of hydrogen-bond acceptors (Lipinski definition) is 3. The standard InChI is InChI=1S/C12H16N2OS/c1-10(7-8-13)14-12(15)6-2-4-11-5-3-9-16-11/h3,5,9-10H,2,4,6-7H2,1H3,(H,14,15). The predicted octanol–water partition coefficient (Wildman–Crippen LogP) is 2.49. The van der Waals surface area contributed by atoms with Crippen molar-refractivity contribution in [2.75, 3.05) is 0 Å². The number of nitrogens with one attached hydrogen (secondary N) is 1. The van der Waals surface area contributed by atoms with Crippen molar-refractivity contribution in [3.63, 3.8) is 0 Å². The van der Waals surface area contributed by atoms with Crippen LogP contribution < -0.4 is 5.32 Å². The molecule has 0 aromatic carbocycles. The van der Waals surface area contributed by atoms with E-state index in [2.05, 4.69) is 11.4 Å². The summed E-state index contributed by atoms with van der Waals surface area (Å²) in [6, 6.07) is 6.10. The molecule has 0 radical (unpaired) electrons. The second kappa shape index (κ2) is 7.02. The molecule has 0 aliphatic carbocycles. The summed E-state index contributed by atoms with van der Waals surface area (Å²) in [5, 5.41) is 13.3. The van der Waals surface area contributed by atoms with E-state index >= 15 is 0 Å². The third kappa shape index (κ3) is 4.94. The highest BCUT2D eigenvalue weighted by atomic mass is 32.1. The summed E-state index contributed by atoms with van der Waals surface area (Å²) in [6.45, 7) is 1.85. The van der Waals surface area contributed by atoms with Crippen LogP contribution in [0.1, 0.15) is 31.1 Å². The molecule has 1 aromatic heterocycles. The number of amides is 1. The van der Waals surface area contributed by atoms with Crippen LogP contribution in [0, 0.1) is 11.3 Å². The fourth-order valence-electron chi connectivity index (χ4n) is 1.41. The lowest BCUT2D eigenvalue weighted by Gasteiger charge is -2.09. The molecule has 1 amide bonds. The van der Waals surface area contributed by atoms with Gasteiger partial charge >= 0.3 is 0 Å². The minimum atomic E-state index is -0.0424. The van der Waals surface area contributed by atoms with Gasteiger partial charge in [-0.15, -0.1) is 11.3 Å². The molecule has 1 aromatic rings. The molecule has 0 aliphatic rings. The van der Waals surface area contributed by atoms with Gasteiger partial charge in [0.05, 0.1) is 12.5 Å². The van der Waals surface area contributed by atoms with E-state index in [9.17, 15) is 4.79 Å². The molecule has 0 saturated heterocycles. The Morgan fingerprint density at radius 3 is 3.12 bits per heavy atom. The van der Waals surface area contributed by atoms with E-state index in [1.807, 2.05) is 24.4 Å². The van der Waals surface area contributed by atoms with E-state index in [4.69, 9.17) is 5.26 Å². The Morgan fingerprint density at radius 2 is 2.50 bits per heavy atom. The van der Waals surface area contributed by atoms with Crippen molar-refractivity contribution in [2.24, 2.45) is 0 Å². The largest absolute Gasteiger partial charge is 0.353 e. The van der Waals surface area contributed by atoms with Gasteiger partial charge in [-0.2, -0.15) is 5.26 Å². The summed E-state index contributed by atoms with van der Waals surface area (Å²) in [4.78, 5) is 12.8. The number of rotatable bonds is 6. The first-order valence-electron chi connectivity index (χ1n) is 5.41. The van der Waals surface area contributed by atoms with Gasteiger partial charge < -0.3 is 5.32 Å². The van der Waals surface area contributed by atoms with Gasteiger partial charge in [0.2, 0.25) is 5.91 Å². The molecule has 0 spiro atoms. The molecule has 1 atom stereocenters. The van der Waals surface area contributed by atoms with Crippen LogP contribution in [0.25, 0.3) is 0 Å². The first-order chi connectivity index (χ1) is 7.72. The molecular weight excluding hydrogens is 220 g/mol. The topological polar surface area (TPSA) is 52.9 Å². The zero-order valence-electron chi connectivity index (χ0n) is 9.40. The minimum absolute atomic E-state index is 0.0410. The van der Waals surface area contributed by atoms with Gasteiger partial charge in [0.15, 0.2) is 0 Å². The third-order valence-corrected chi connectivity index (χ3v) is 3.15. The lowest BCUT2D eigenvalue weighted by atomic mass is 10.2. The van der Waals surface area contributed by atoms with Gasteiger partial charge in [0.25, 0.3) is 0 Å². The average Bonchev–Trinajstić information content (AvgIpc) is 2.70. The Hall–Kier alpha value is -1.34. The Balaban J connectivity index is 2.13. The van der Waals surface area contributed by atoms with Crippen molar-refractivity contribution >= 4 is 17.2 Å². The van der Waals surface area contributed by atoms with Crippen molar-refractivity contribution in [3.8, 4) is 6.07 Å². The third-order valence-electron chi connectivity index (χ3n) is 2.21. The zero-order valence-corrected chi connectivity index (χ0v) is 10.2. The maximum Gasteiger partial charge on any atom is 0.220 e. The van der Waals surface area contributed by atoms with E-state index in [0.29, 0.717) is 12.8 Å². The molecule has 1 rings (SSSR count). The van der Waals surface area contributed by atoms with E-state index in [0.717, 1.165) is 12.8 Å². The highest BCUT2D eigenvalue weighted by Crippen LogP contribution is 2.11. The molecule has 1 unspecified atom stereocenters. The summed E-state index contributed by atoms with van der Waals surface area (Å²) in [5.74, 6) is 0.0410. The van der Waals surface area contributed by atoms with E-state index in [1.165, 1.54) is 4.88 Å². The smallest absolute Gasteiger partial charge is 0.220 e. The lowest BCUT2D eigenvalue weighted by Crippen LogP contribution is -2.31. The van der Waals surface area contributed by atoms with Crippen LogP contribution in [0.5, 0.6) is 0 Å². The Labute approximate surface area is 100 Å². The summed E-state index contributed by atoms with van der Waals surface area (Å²) in [5.41, 5.74) is 0. The van der Waals surface area contributed by atoms with Gasteiger partial charge in [-0.25, -0.2) is 0 Å². The molecular formula is C12H16N2OS. The monoisotopic (exact) mass is 236 g/mol. The van der Waals surface area contributed by atoms with Gasteiger partial charge in [-0.05, 0) is 31.2 Å². The SMILES string of the molecule is CC(CC#N)NC(=O)CCCc1cccs1. The lowest BCUT2D eigenvalue weighted by molar-refractivity contribution is -0.121. The first-order valence-corrected chi connectivity index (χ1v) is 6.29. The number of thiophene rings is 1. The number of nitrogens with zero attached hydrogens (tertiary/aromatic N) is 1. The van der Waals surface area contributed by atoms with Crippen LogP contribution in [0.15, 0.2) is 17.5 Å². The second-order valence-electron chi connectivity index (χ2n) is 3.76. The number of carbonyl (C=O) groups is 1. The highest BCUT2D eigenvalue weighted by molar-refractivity contribution is 7.09. The van der Waals surface area contributed by atoms with Gasteiger partial charge in [-0.1, -0.05) is 6.07 Å². The summed E-state index contributed by atoms with van der Waals surface area (Å²) >= 11 is 1.72. The maximum atomic E-state index is 11.4. The molecule has 1 heterocycles. The van der Waals surface area contributed by atoms with E-state index in [1.54, 1.807) is 11.3 Å². The molecule has 0 fully saturated rings. The molecule has 0 saturated carbocycles. The first kappa shape index (κ1) is 12.7. The summed E-state index contributed by atoms with van der Waals surface area (Å²) < 4.78 is 0. The summed E-state index contributed by atoms with van der Waals surface area (Å²) in [7, 11) is 0. The molecule has 16 heavy (non-hydrogen) atoms. The normalized spacial score (nSPS) is 11.8. The number of aryl methyl sites for hydroxylation is 1. The highest BCUT2D eigenvalue weighted by Gasteiger charge is 2.06. The van der Waals surface area contributed by atoms with Crippen molar-refractivity contribution in [1.29, 1.82) is 5.26 Å². The molecule has 86 valence electrons. The van der Waals surface area contributed by atoms with E-state index in [-0.39, 0.29) is 11.9 Å².